The van der Waals surface area contributed by atoms with Gasteiger partial charge in [0.25, 0.3) is 0 Å². The summed E-state index contributed by atoms with van der Waals surface area (Å²) < 4.78 is 5.57. The van der Waals surface area contributed by atoms with Gasteiger partial charge in [0.1, 0.15) is 6.61 Å². The number of anilines is 1. The van der Waals surface area contributed by atoms with Gasteiger partial charge in [-0.1, -0.05) is 54.6 Å². The zero-order valence-electron chi connectivity index (χ0n) is 15.3. The molecule has 0 unspecified atom stereocenters. The lowest BCUT2D eigenvalue weighted by atomic mass is 9.98. The molecule has 0 atom stereocenters. The van der Waals surface area contributed by atoms with E-state index in [1.807, 2.05) is 36.4 Å². The number of ether oxygens (including phenoxy) is 1. The maximum atomic E-state index is 12.8. The number of hydrogen-bond acceptors (Lipinski definition) is 4. The normalized spacial score (nSPS) is 12.3. The van der Waals surface area contributed by atoms with Crippen LogP contribution < -0.4 is 5.73 Å². The van der Waals surface area contributed by atoms with E-state index in [9.17, 15) is 14.7 Å². The van der Waals surface area contributed by atoms with E-state index >= 15 is 0 Å². The molecule has 3 aromatic rings. The summed E-state index contributed by atoms with van der Waals surface area (Å²) in [6.07, 6.45) is 0. The molecule has 0 spiro atoms. The van der Waals surface area contributed by atoms with Crippen molar-refractivity contribution in [1.82, 2.24) is 0 Å². The number of nitrogen functional groups attached to an aromatic ring is 1. The SMILES string of the molecule is Cc1ccc(C(=O)O)c(C(=O)OCC2c3ccccc3-c3ccccc32)c1N. The molecule has 0 radical (unpaired) electrons. The van der Waals surface area contributed by atoms with Crippen molar-refractivity contribution in [3.8, 4) is 11.1 Å². The largest absolute Gasteiger partial charge is 0.478 e. The smallest absolute Gasteiger partial charge is 0.341 e. The van der Waals surface area contributed by atoms with Crippen molar-refractivity contribution in [3.63, 3.8) is 0 Å². The van der Waals surface area contributed by atoms with Gasteiger partial charge in [-0.05, 0) is 40.8 Å². The lowest BCUT2D eigenvalue weighted by Gasteiger charge is -2.16. The Balaban J connectivity index is 1.65. The number of benzene rings is 3. The van der Waals surface area contributed by atoms with Crippen LogP contribution in [0, 0.1) is 6.92 Å². The van der Waals surface area contributed by atoms with E-state index in [2.05, 4.69) is 12.1 Å². The molecule has 0 aromatic heterocycles. The molecule has 3 aromatic carbocycles. The Morgan fingerprint density at radius 1 is 0.964 bits per heavy atom. The van der Waals surface area contributed by atoms with E-state index < -0.39 is 11.9 Å². The van der Waals surface area contributed by atoms with Crippen LogP contribution in [-0.2, 0) is 4.74 Å². The van der Waals surface area contributed by atoms with Crippen molar-refractivity contribution >= 4 is 17.6 Å². The van der Waals surface area contributed by atoms with Gasteiger partial charge in [-0.3, -0.25) is 0 Å². The number of carbonyl (C=O) groups excluding carboxylic acids is 1. The van der Waals surface area contributed by atoms with E-state index in [1.54, 1.807) is 13.0 Å². The lowest BCUT2D eigenvalue weighted by Crippen LogP contribution is -2.18. The summed E-state index contributed by atoms with van der Waals surface area (Å²) in [6.45, 7) is 1.83. The Morgan fingerprint density at radius 2 is 1.54 bits per heavy atom. The number of hydrogen-bond donors (Lipinski definition) is 2. The van der Waals surface area contributed by atoms with Gasteiger partial charge in [0, 0.05) is 11.6 Å². The van der Waals surface area contributed by atoms with Crippen molar-refractivity contribution in [1.29, 1.82) is 0 Å². The number of esters is 1. The Labute approximate surface area is 162 Å². The zero-order chi connectivity index (χ0) is 19.8. The molecule has 0 bridgehead atoms. The van der Waals surface area contributed by atoms with E-state index in [0.717, 1.165) is 22.3 Å². The number of carboxylic acid groups (broad SMARTS) is 1. The van der Waals surface area contributed by atoms with Crippen molar-refractivity contribution < 1.29 is 19.4 Å². The van der Waals surface area contributed by atoms with Gasteiger partial charge in [0.05, 0.1) is 11.1 Å². The Hall–Kier alpha value is -3.60. The molecule has 0 heterocycles. The van der Waals surface area contributed by atoms with Gasteiger partial charge in [0.15, 0.2) is 0 Å². The number of aromatic carboxylic acids is 1. The molecule has 0 fully saturated rings. The summed E-state index contributed by atoms with van der Waals surface area (Å²) in [7, 11) is 0. The highest BCUT2D eigenvalue weighted by molar-refractivity contribution is 6.06. The molecule has 0 saturated heterocycles. The van der Waals surface area contributed by atoms with E-state index in [1.165, 1.54) is 6.07 Å². The predicted molar refractivity (Wildman–Crippen MR) is 107 cm³/mol. The number of carboxylic acids is 1. The summed E-state index contributed by atoms with van der Waals surface area (Å²) in [5.41, 5.74) is 11.0. The van der Waals surface area contributed by atoms with Crippen LogP contribution in [0.2, 0.25) is 0 Å². The highest BCUT2D eigenvalue weighted by Crippen LogP contribution is 2.44. The molecule has 3 N–H and O–H groups in total. The van der Waals surface area contributed by atoms with Crippen LogP contribution >= 0.6 is 0 Å². The second-order valence-electron chi connectivity index (χ2n) is 6.85. The maximum absolute atomic E-state index is 12.8. The van der Waals surface area contributed by atoms with Gasteiger partial charge in [-0.25, -0.2) is 9.59 Å². The second-order valence-corrected chi connectivity index (χ2v) is 6.85. The molecule has 0 amide bonds. The number of rotatable bonds is 4. The van der Waals surface area contributed by atoms with E-state index in [-0.39, 0.29) is 29.3 Å². The lowest BCUT2D eigenvalue weighted by molar-refractivity contribution is 0.0484. The summed E-state index contributed by atoms with van der Waals surface area (Å²) in [5, 5.41) is 9.41. The molecule has 5 nitrogen and oxygen atoms in total. The maximum Gasteiger partial charge on any atom is 0.341 e. The quantitative estimate of drug-likeness (QED) is 0.527. The third kappa shape index (κ3) is 2.81. The first kappa shape index (κ1) is 17.8. The van der Waals surface area contributed by atoms with Crippen LogP contribution in [0.1, 0.15) is 43.3 Å². The van der Waals surface area contributed by atoms with Crippen LogP contribution in [0.3, 0.4) is 0 Å². The summed E-state index contributed by atoms with van der Waals surface area (Å²) in [4.78, 5) is 24.3. The summed E-state index contributed by atoms with van der Waals surface area (Å²) in [6, 6.07) is 19.0. The molecule has 5 heteroatoms. The van der Waals surface area contributed by atoms with Gasteiger partial charge < -0.3 is 15.6 Å². The molecule has 1 aliphatic carbocycles. The Kier molecular flexibility index (Phi) is 4.35. The second kappa shape index (κ2) is 6.85. The van der Waals surface area contributed by atoms with Crippen molar-refractivity contribution in [2.75, 3.05) is 12.3 Å². The number of carbonyl (C=O) groups is 2. The molecular weight excluding hydrogens is 354 g/mol. The van der Waals surface area contributed by atoms with Gasteiger partial charge in [-0.15, -0.1) is 0 Å². The van der Waals surface area contributed by atoms with Crippen LogP contribution in [-0.4, -0.2) is 23.7 Å². The van der Waals surface area contributed by atoms with Crippen molar-refractivity contribution in [2.24, 2.45) is 0 Å². The molecule has 4 rings (SSSR count). The third-order valence-corrected chi connectivity index (χ3v) is 5.24. The number of aryl methyl sites for hydroxylation is 1. The van der Waals surface area contributed by atoms with Crippen LogP contribution in [0.4, 0.5) is 5.69 Å². The fraction of sp³-hybridized carbons (Fsp3) is 0.130. The molecule has 28 heavy (non-hydrogen) atoms. The van der Waals surface area contributed by atoms with Crippen LogP contribution in [0.25, 0.3) is 11.1 Å². The highest BCUT2D eigenvalue weighted by atomic mass is 16.5. The first-order valence-corrected chi connectivity index (χ1v) is 8.96. The highest BCUT2D eigenvalue weighted by Gasteiger charge is 2.30. The average molecular weight is 373 g/mol. The molecule has 1 aliphatic rings. The first-order valence-electron chi connectivity index (χ1n) is 8.96. The molecule has 0 aliphatic heterocycles. The minimum Gasteiger partial charge on any atom is -0.478 e. The van der Waals surface area contributed by atoms with Crippen molar-refractivity contribution in [3.05, 3.63) is 88.5 Å². The summed E-state index contributed by atoms with van der Waals surface area (Å²) >= 11 is 0. The summed E-state index contributed by atoms with van der Waals surface area (Å²) in [5.74, 6) is -2.04. The number of nitrogens with two attached hydrogens (primary N) is 1. The minimum atomic E-state index is -1.21. The van der Waals surface area contributed by atoms with Gasteiger partial charge >= 0.3 is 11.9 Å². The fourth-order valence-electron chi connectivity index (χ4n) is 3.79. The molecule has 140 valence electrons. The van der Waals surface area contributed by atoms with E-state index in [0.29, 0.717) is 5.56 Å². The van der Waals surface area contributed by atoms with Gasteiger partial charge in [-0.2, -0.15) is 0 Å². The van der Waals surface area contributed by atoms with Crippen LogP contribution in [0.5, 0.6) is 0 Å². The predicted octanol–water partition coefficient (Wildman–Crippen LogP) is 4.24. The monoisotopic (exact) mass is 373 g/mol. The zero-order valence-corrected chi connectivity index (χ0v) is 15.3. The molecular formula is C23H19NO4. The van der Waals surface area contributed by atoms with E-state index in [4.69, 9.17) is 10.5 Å². The Morgan fingerprint density at radius 3 is 2.11 bits per heavy atom. The minimum absolute atomic E-state index is 0.0907. The third-order valence-electron chi connectivity index (χ3n) is 5.24. The van der Waals surface area contributed by atoms with Gasteiger partial charge in [0.2, 0.25) is 0 Å². The first-order chi connectivity index (χ1) is 13.5. The standard InChI is InChI=1S/C23H19NO4/c1-13-10-11-18(22(25)26)20(21(13)24)23(27)28-12-19-16-8-4-2-6-14(16)15-7-3-5-9-17(15)19/h2-11,19H,12,24H2,1H3,(H,25,26). The Bertz CT molecular complexity index is 1060. The fourth-order valence-corrected chi connectivity index (χ4v) is 3.79. The molecule has 0 saturated carbocycles. The number of fused-ring (bicyclic) bond motifs is 3. The van der Waals surface area contributed by atoms with Crippen molar-refractivity contribution in [2.45, 2.75) is 12.8 Å². The van der Waals surface area contributed by atoms with Crippen LogP contribution in [0.15, 0.2) is 60.7 Å². The topological polar surface area (TPSA) is 89.6 Å². The average Bonchev–Trinajstić information content (AvgIpc) is 3.02.